The molecule has 2 aromatic rings. The average molecular weight is 423 g/mol. The zero-order chi connectivity index (χ0) is 22.1. The van der Waals surface area contributed by atoms with Gasteiger partial charge in [-0.2, -0.15) is 18.3 Å². The van der Waals surface area contributed by atoms with E-state index in [0.29, 0.717) is 31.5 Å². The first-order valence-electron chi connectivity index (χ1n) is 9.69. The summed E-state index contributed by atoms with van der Waals surface area (Å²) in [5.74, 6) is 0. The van der Waals surface area contributed by atoms with E-state index in [9.17, 15) is 22.8 Å². The predicted octanol–water partition coefficient (Wildman–Crippen LogP) is 4.50. The van der Waals surface area contributed by atoms with Crippen LogP contribution in [0.25, 0.3) is 11.1 Å². The Hall–Kier alpha value is -2.84. The Balaban J connectivity index is 1.75. The highest BCUT2D eigenvalue weighted by Crippen LogP contribution is 2.30. The molecule has 1 saturated heterocycles. The highest BCUT2D eigenvalue weighted by Gasteiger charge is 2.31. The number of alkyl halides is 3. The summed E-state index contributed by atoms with van der Waals surface area (Å²) in [6.45, 7) is 6.26. The van der Waals surface area contributed by atoms with Crippen LogP contribution in [0.15, 0.2) is 41.3 Å². The van der Waals surface area contributed by atoms with Crippen molar-refractivity contribution in [2.45, 2.75) is 51.4 Å². The maximum atomic E-state index is 12.9. The quantitative estimate of drug-likeness (QED) is 0.714. The van der Waals surface area contributed by atoms with E-state index in [4.69, 9.17) is 4.74 Å². The van der Waals surface area contributed by atoms with Gasteiger partial charge in [-0.05, 0) is 57.4 Å². The second kappa shape index (κ2) is 8.12. The Kier molecular flexibility index (Phi) is 5.92. The molecule has 0 unspecified atom stereocenters. The Morgan fingerprint density at radius 1 is 1.07 bits per heavy atom. The highest BCUT2D eigenvalue weighted by atomic mass is 19.4. The molecule has 0 atom stereocenters. The van der Waals surface area contributed by atoms with Gasteiger partial charge in [0.05, 0.1) is 17.2 Å². The van der Waals surface area contributed by atoms with E-state index in [1.807, 2.05) is 0 Å². The number of hydrogen-bond donors (Lipinski definition) is 0. The van der Waals surface area contributed by atoms with Crippen molar-refractivity contribution in [2.24, 2.45) is 0 Å². The van der Waals surface area contributed by atoms with Gasteiger partial charge < -0.3 is 9.64 Å². The van der Waals surface area contributed by atoms with Crippen molar-refractivity contribution >= 4 is 6.09 Å². The second-order valence-corrected chi connectivity index (χ2v) is 8.27. The lowest BCUT2D eigenvalue weighted by Crippen LogP contribution is -2.43. The van der Waals surface area contributed by atoms with E-state index in [-0.39, 0.29) is 23.3 Å². The number of benzene rings is 1. The molecule has 1 aliphatic heterocycles. The molecular weight excluding hydrogens is 399 g/mol. The zero-order valence-corrected chi connectivity index (χ0v) is 17.1. The summed E-state index contributed by atoms with van der Waals surface area (Å²) in [5.41, 5.74) is -1.03. The standard InChI is InChI=1S/C21H24F3N3O3/c1-20(2,3)30-19(29)26-12-9-16(10-13-26)27-18(28)17(8-11-25-27)14-4-6-15(7-5-14)21(22,23)24/h4-8,11,16H,9-10,12-13H2,1-3H3. The molecule has 30 heavy (non-hydrogen) atoms. The summed E-state index contributed by atoms with van der Waals surface area (Å²) >= 11 is 0. The monoisotopic (exact) mass is 423 g/mol. The molecule has 1 fully saturated rings. The molecule has 2 heterocycles. The molecule has 162 valence electrons. The summed E-state index contributed by atoms with van der Waals surface area (Å²) < 4.78 is 45.1. The minimum Gasteiger partial charge on any atom is -0.444 e. The molecular formula is C21H24F3N3O3. The van der Waals surface area contributed by atoms with Gasteiger partial charge in [-0.3, -0.25) is 4.79 Å². The Bertz CT molecular complexity index is 954. The minimum absolute atomic E-state index is 0.203. The van der Waals surface area contributed by atoms with Gasteiger partial charge in [0.15, 0.2) is 0 Å². The summed E-state index contributed by atoms with van der Waals surface area (Å²) in [5, 5.41) is 4.16. The van der Waals surface area contributed by atoms with Gasteiger partial charge in [-0.25, -0.2) is 9.48 Å². The van der Waals surface area contributed by atoms with Crippen LogP contribution in [0.4, 0.5) is 18.0 Å². The van der Waals surface area contributed by atoms with Crippen LogP contribution in [0.1, 0.15) is 45.2 Å². The third-order valence-electron chi connectivity index (χ3n) is 4.86. The number of ether oxygens (including phenoxy) is 1. The maximum Gasteiger partial charge on any atom is 0.416 e. The van der Waals surface area contributed by atoms with Crippen molar-refractivity contribution in [3.8, 4) is 11.1 Å². The van der Waals surface area contributed by atoms with Crippen molar-refractivity contribution in [3.63, 3.8) is 0 Å². The van der Waals surface area contributed by atoms with Gasteiger partial charge in [-0.15, -0.1) is 0 Å². The molecule has 1 aromatic heterocycles. The number of hydrogen-bond acceptors (Lipinski definition) is 4. The van der Waals surface area contributed by atoms with Crippen molar-refractivity contribution in [3.05, 3.63) is 52.4 Å². The molecule has 9 heteroatoms. The number of aromatic nitrogens is 2. The first kappa shape index (κ1) is 21.9. The predicted molar refractivity (Wildman–Crippen MR) is 105 cm³/mol. The molecule has 6 nitrogen and oxygen atoms in total. The van der Waals surface area contributed by atoms with Crippen LogP contribution in [-0.4, -0.2) is 39.5 Å². The highest BCUT2D eigenvalue weighted by molar-refractivity contribution is 5.68. The van der Waals surface area contributed by atoms with Crippen molar-refractivity contribution in [1.82, 2.24) is 14.7 Å². The number of carbonyl (C=O) groups excluding carboxylic acids is 1. The van der Waals surface area contributed by atoms with E-state index < -0.39 is 17.3 Å². The molecule has 0 bridgehead atoms. The van der Waals surface area contributed by atoms with Crippen LogP contribution in [0, 0.1) is 0 Å². The van der Waals surface area contributed by atoms with E-state index >= 15 is 0 Å². The number of carbonyl (C=O) groups is 1. The molecule has 0 spiro atoms. The van der Waals surface area contributed by atoms with Crippen LogP contribution in [0.3, 0.4) is 0 Å². The number of nitrogens with zero attached hydrogens (tertiary/aromatic N) is 3. The molecule has 1 aromatic carbocycles. The normalized spacial score (nSPS) is 15.9. The lowest BCUT2D eigenvalue weighted by Gasteiger charge is -2.33. The lowest BCUT2D eigenvalue weighted by molar-refractivity contribution is -0.137. The lowest BCUT2D eigenvalue weighted by atomic mass is 10.0. The molecule has 0 saturated carbocycles. The first-order chi connectivity index (χ1) is 14.0. The van der Waals surface area contributed by atoms with E-state index in [1.54, 1.807) is 25.7 Å². The van der Waals surface area contributed by atoms with E-state index in [0.717, 1.165) is 12.1 Å². The molecule has 0 aliphatic carbocycles. The van der Waals surface area contributed by atoms with Gasteiger partial charge in [0.25, 0.3) is 5.56 Å². The minimum atomic E-state index is -4.43. The van der Waals surface area contributed by atoms with Gasteiger partial charge in [0.1, 0.15) is 5.60 Å². The van der Waals surface area contributed by atoms with Crippen LogP contribution in [-0.2, 0) is 10.9 Å². The number of halogens is 3. The Morgan fingerprint density at radius 2 is 1.67 bits per heavy atom. The van der Waals surface area contributed by atoms with Crippen molar-refractivity contribution < 1.29 is 22.7 Å². The van der Waals surface area contributed by atoms with Crippen LogP contribution < -0.4 is 5.56 Å². The van der Waals surface area contributed by atoms with Crippen LogP contribution >= 0.6 is 0 Å². The van der Waals surface area contributed by atoms with Crippen LogP contribution in [0.2, 0.25) is 0 Å². The molecule has 0 radical (unpaired) electrons. The van der Waals surface area contributed by atoms with Crippen molar-refractivity contribution in [2.75, 3.05) is 13.1 Å². The number of likely N-dealkylation sites (tertiary alicyclic amines) is 1. The topological polar surface area (TPSA) is 64.4 Å². The Morgan fingerprint density at radius 3 is 2.20 bits per heavy atom. The zero-order valence-electron chi connectivity index (χ0n) is 17.1. The van der Waals surface area contributed by atoms with Gasteiger partial charge >= 0.3 is 12.3 Å². The molecule has 1 amide bonds. The molecule has 0 N–H and O–H groups in total. The maximum absolute atomic E-state index is 12.9. The number of amides is 1. The summed E-state index contributed by atoms with van der Waals surface area (Å²) in [6, 6.07) is 5.78. The Labute approximate surface area is 172 Å². The average Bonchev–Trinajstić information content (AvgIpc) is 2.66. The van der Waals surface area contributed by atoms with Crippen LogP contribution in [0.5, 0.6) is 0 Å². The van der Waals surface area contributed by atoms with E-state index in [1.165, 1.54) is 29.1 Å². The first-order valence-corrected chi connectivity index (χ1v) is 9.69. The van der Waals surface area contributed by atoms with E-state index in [2.05, 4.69) is 5.10 Å². The number of piperidine rings is 1. The summed E-state index contributed by atoms with van der Waals surface area (Å²) in [7, 11) is 0. The summed E-state index contributed by atoms with van der Waals surface area (Å²) in [4.78, 5) is 26.7. The molecule has 1 aliphatic rings. The second-order valence-electron chi connectivity index (χ2n) is 8.27. The van der Waals surface area contributed by atoms with Crippen molar-refractivity contribution in [1.29, 1.82) is 0 Å². The largest absolute Gasteiger partial charge is 0.444 e. The van der Waals surface area contributed by atoms with Gasteiger partial charge in [-0.1, -0.05) is 12.1 Å². The fraction of sp³-hybridized carbons (Fsp3) is 0.476. The fourth-order valence-corrected chi connectivity index (χ4v) is 3.36. The SMILES string of the molecule is CC(C)(C)OC(=O)N1CCC(n2nccc(-c3ccc(C(F)(F)F)cc3)c2=O)CC1. The van der Waals surface area contributed by atoms with Gasteiger partial charge in [0.2, 0.25) is 0 Å². The smallest absolute Gasteiger partial charge is 0.416 e. The third kappa shape index (κ3) is 5.01. The fourth-order valence-electron chi connectivity index (χ4n) is 3.36. The summed E-state index contributed by atoms with van der Waals surface area (Å²) in [6.07, 6.45) is -2.29. The number of rotatable bonds is 2. The third-order valence-corrected chi connectivity index (χ3v) is 4.86. The molecule has 3 rings (SSSR count). The van der Waals surface area contributed by atoms with Gasteiger partial charge in [0, 0.05) is 19.3 Å².